The molecular weight excluding hydrogens is 400 g/mol. The van der Waals surface area contributed by atoms with Crippen LogP contribution in [0.25, 0.3) is 16.9 Å². The van der Waals surface area contributed by atoms with Gasteiger partial charge in [-0.15, -0.1) is 0 Å². The standard InChI is InChI=1S/C26H24N4O2/c1-19-24(20-8-4-2-5-9-20)30-18-22(12-13-23(30)27-19)26(32)29-16-14-28(15-17-29)25(31)21-10-6-3-7-11-21/h2-13,18H,14-17H2,1H3. The Kier molecular flexibility index (Phi) is 5.19. The predicted molar refractivity (Wildman–Crippen MR) is 124 cm³/mol. The number of rotatable bonds is 3. The highest BCUT2D eigenvalue weighted by molar-refractivity contribution is 5.96. The van der Waals surface area contributed by atoms with Crippen molar-refractivity contribution in [3.05, 3.63) is 95.8 Å². The number of hydrogen-bond acceptors (Lipinski definition) is 3. The van der Waals surface area contributed by atoms with Crippen LogP contribution in [0.4, 0.5) is 0 Å². The Labute approximate surface area is 186 Å². The number of aromatic nitrogens is 2. The average Bonchev–Trinajstić information content (AvgIpc) is 3.19. The highest BCUT2D eigenvalue weighted by Gasteiger charge is 2.26. The van der Waals surface area contributed by atoms with Crippen LogP contribution in [0.5, 0.6) is 0 Å². The van der Waals surface area contributed by atoms with Crippen molar-refractivity contribution in [1.82, 2.24) is 19.2 Å². The number of carbonyl (C=O) groups excluding carboxylic acids is 2. The quantitative estimate of drug-likeness (QED) is 0.501. The summed E-state index contributed by atoms with van der Waals surface area (Å²) in [6.07, 6.45) is 1.88. The Morgan fingerprint density at radius 2 is 1.28 bits per heavy atom. The van der Waals surface area contributed by atoms with Crippen LogP contribution in [0.3, 0.4) is 0 Å². The lowest BCUT2D eigenvalue weighted by Gasteiger charge is -2.34. The third-order valence-corrected chi connectivity index (χ3v) is 5.96. The van der Waals surface area contributed by atoms with Crippen LogP contribution in [0.1, 0.15) is 26.4 Å². The van der Waals surface area contributed by atoms with Crippen molar-refractivity contribution in [2.24, 2.45) is 0 Å². The van der Waals surface area contributed by atoms with Crippen molar-refractivity contribution in [3.8, 4) is 11.3 Å². The lowest BCUT2D eigenvalue weighted by molar-refractivity contribution is 0.0535. The number of piperazine rings is 1. The second-order valence-electron chi connectivity index (χ2n) is 8.01. The molecule has 0 radical (unpaired) electrons. The van der Waals surface area contributed by atoms with Crippen LogP contribution in [0.2, 0.25) is 0 Å². The lowest BCUT2D eigenvalue weighted by atomic mass is 10.1. The van der Waals surface area contributed by atoms with Crippen molar-refractivity contribution < 1.29 is 9.59 Å². The first-order chi connectivity index (χ1) is 15.6. The van der Waals surface area contributed by atoms with Gasteiger partial charge in [-0.3, -0.25) is 14.0 Å². The van der Waals surface area contributed by atoms with Crippen LogP contribution in [-0.2, 0) is 0 Å². The summed E-state index contributed by atoms with van der Waals surface area (Å²) in [7, 11) is 0. The molecule has 0 spiro atoms. The zero-order chi connectivity index (χ0) is 22.1. The van der Waals surface area contributed by atoms with E-state index >= 15 is 0 Å². The normalized spacial score (nSPS) is 14.0. The molecule has 0 unspecified atom stereocenters. The molecule has 2 amide bonds. The summed E-state index contributed by atoms with van der Waals surface area (Å²) >= 11 is 0. The highest BCUT2D eigenvalue weighted by Crippen LogP contribution is 2.25. The van der Waals surface area contributed by atoms with Gasteiger partial charge in [-0.25, -0.2) is 4.98 Å². The summed E-state index contributed by atoms with van der Waals surface area (Å²) < 4.78 is 1.99. The van der Waals surface area contributed by atoms with E-state index in [0.717, 1.165) is 22.6 Å². The minimum Gasteiger partial charge on any atom is -0.335 e. The van der Waals surface area contributed by atoms with Gasteiger partial charge in [0.15, 0.2) is 0 Å². The van der Waals surface area contributed by atoms with Crippen molar-refractivity contribution in [1.29, 1.82) is 0 Å². The minimum absolute atomic E-state index is 0.0144. The van der Waals surface area contributed by atoms with Gasteiger partial charge in [0, 0.05) is 43.5 Å². The van der Waals surface area contributed by atoms with Gasteiger partial charge in [0.25, 0.3) is 11.8 Å². The van der Waals surface area contributed by atoms with Crippen molar-refractivity contribution in [3.63, 3.8) is 0 Å². The van der Waals surface area contributed by atoms with Gasteiger partial charge in [0.1, 0.15) is 5.65 Å². The maximum atomic E-state index is 13.2. The van der Waals surface area contributed by atoms with Gasteiger partial charge < -0.3 is 9.80 Å². The lowest BCUT2D eigenvalue weighted by Crippen LogP contribution is -2.50. The Morgan fingerprint density at radius 1 is 0.719 bits per heavy atom. The molecule has 1 aliphatic heterocycles. The summed E-state index contributed by atoms with van der Waals surface area (Å²) in [5.41, 5.74) is 5.10. The topological polar surface area (TPSA) is 57.9 Å². The van der Waals surface area contributed by atoms with E-state index in [9.17, 15) is 9.59 Å². The Bertz CT molecular complexity index is 1270. The monoisotopic (exact) mass is 424 g/mol. The molecular formula is C26H24N4O2. The van der Waals surface area contributed by atoms with Crippen LogP contribution >= 0.6 is 0 Å². The maximum absolute atomic E-state index is 13.2. The number of imidazole rings is 1. The van der Waals surface area contributed by atoms with E-state index in [-0.39, 0.29) is 11.8 Å². The Morgan fingerprint density at radius 3 is 1.91 bits per heavy atom. The van der Waals surface area contributed by atoms with Gasteiger partial charge in [0.05, 0.1) is 17.0 Å². The smallest absolute Gasteiger partial charge is 0.255 e. The fraction of sp³-hybridized carbons (Fsp3) is 0.192. The molecule has 2 aromatic heterocycles. The van der Waals surface area contributed by atoms with E-state index in [1.165, 1.54) is 0 Å². The SMILES string of the molecule is Cc1nc2ccc(C(=O)N3CCN(C(=O)c4ccccc4)CC3)cn2c1-c1ccccc1. The third-order valence-electron chi connectivity index (χ3n) is 5.96. The zero-order valence-corrected chi connectivity index (χ0v) is 17.9. The molecule has 1 saturated heterocycles. The summed E-state index contributed by atoms with van der Waals surface area (Å²) in [5.74, 6) is -0.00964. The highest BCUT2D eigenvalue weighted by atomic mass is 16.2. The van der Waals surface area contributed by atoms with E-state index in [1.54, 1.807) is 0 Å². The van der Waals surface area contributed by atoms with Crippen molar-refractivity contribution >= 4 is 17.5 Å². The van der Waals surface area contributed by atoms with Crippen molar-refractivity contribution in [2.45, 2.75) is 6.92 Å². The van der Waals surface area contributed by atoms with Gasteiger partial charge in [-0.1, -0.05) is 48.5 Å². The van der Waals surface area contributed by atoms with E-state index in [2.05, 4.69) is 4.98 Å². The van der Waals surface area contributed by atoms with Crippen LogP contribution in [0, 0.1) is 6.92 Å². The molecule has 3 heterocycles. The fourth-order valence-corrected chi connectivity index (χ4v) is 4.29. The van der Waals surface area contributed by atoms with Gasteiger partial charge in [-0.2, -0.15) is 0 Å². The molecule has 2 aromatic carbocycles. The first-order valence-corrected chi connectivity index (χ1v) is 10.8. The largest absolute Gasteiger partial charge is 0.335 e. The molecule has 1 aliphatic rings. The van der Waals surface area contributed by atoms with Gasteiger partial charge in [0.2, 0.25) is 0 Å². The molecule has 5 rings (SSSR count). The zero-order valence-electron chi connectivity index (χ0n) is 17.9. The number of nitrogens with zero attached hydrogens (tertiary/aromatic N) is 4. The molecule has 0 saturated carbocycles. The molecule has 4 aromatic rings. The maximum Gasteiger partial charge on any atom is 0.255 e. The number of aryl methyl sites for hydroxylation is 1. The molecule has 32 heavy (non-hydrogen) atoms. The molecule has 160 valence electrons. The number of amides is 2. The molecule has 6 nitrogen and oxygen atoms in total. The first-order valence-electron chi connectivity index (χ1n) is 10.8. The third kappa shape index (κ3) is 3.64. The van der Waals surface area contributed by atoms with Crippen LogP contribution < -0.4 is 0 Å². The molecule has 0 atom stereocenters. The summed E-state index contributed by atoms with van der Waals surface area (Å²) in [6, 6.07) is 23.1. The summed E-state index contributed by atoms with van der Waals surface area (Å²) in [5, 5.41) is 0. The number of hydrogen-bond donors (Lipinski definition) is 0. The van der Waals surface area contributed by atoms with E-state index in [1.807, 2.05) is 100 Å². The molecule has 0 bridgehead atoms. The van der Waals surface area contributed by atoms with E-state index in [4.69, 9.17) is 0 Å². The number of benzene rings is 2. The minimum atomic E-state index is -0.0240. The Balaban J connectivity index is 1.35. The summed E-state index contributed by atoms with van der Waals surface area (Å²) in [6.45, 7) is 4.08. The van der Waals surface area contributed by atoms with Gasteiger partial charge in [-0.05, 0) is 31.2 Å². The van der Waals surface area contributed by atoms with Crippen molar-refractivity contribution in [2.75, 3.05) is 26.2 Å². The van der Waals surface area contributed by atoms with Gasteiger partial charge >= 0.3 is 0 Å². The van der Waals surface area contributed by atoms with Crippen LogP contribution in [0.15, 0.2) is 79.0 Å². The second-order valence-corrected chi connectivity index (χ2v) is 8.01. The number of carbonyl (C=O) groups is 2. The number of pyridine rings is 1. The van der Waals surface area contributed by atoms with E-state index < -0.39 is 0 Å². The molecule has 1 fully saturated rings. The average molecular weight is 425 g/mol. The summed E-state index contributed by atoms with van der Waals surface area (Å²) in [4.78, 5) is 34.2. The van der Waals surface area contributed by atoms with E-state index in [0.29, 0.717) is 37.3 Å². The number of fused-ring (bicyclic) bond motifs is 1. The Hall–Kier alpha value is -3.93. The first kappa shape index (κ1) is 20.0. The molecule has 0 N–H and O–H groups in total. The second kappa shape index (κ2) is 8.30. The molecule has 0 aliphatic carbocycles. The molecule has 6 heteroatoms. The van der Waals surface area contributed by atoms with Crippen LogP contribution in [-0.4, -0.2) is 57.2 Å². The fourth-order valence-electron chi connectivity index (χ4n) is 4.29. The predicted octanol–water partition coefficient (Wildman–Crippen LogP) is 3.91.